The van der Waals surface area contributed by atoms with Crippen LogP contribution in [0.25, 0.3) is 16.6 Å². The zero-order valence-corrected chi connectivity index (χ0v) is 18.9. The molecular weight excluding hydrogens is 446 g/mol. The molecule has 0 spiro atoms. The summed E-state index contributed by atoms with van der Waals surface area (Å²) in [5.41, 5.74) is 1.96. The van der Waals surface area contributed by atoms with Crippen molar-refractivity contribution in [3.8, 4) is 0 Å². The van der Waals surface area contributed by atoms with Crippen LogP contribution in [0.3, 0.4) is 0 Å². The molecule has 9 heteroatoms. The summed E-state index contributed by atoms with van der Waals surface area (Å²) >= 11 is 7.29. The molecule has 1 saturated heterocycles. The van der Waals surface area contributed by atoms with Gasteiger partial charge in [-0.25, -0.2) is 9.97 Å². The van der Waals surface area contributed by atoms with E-state index in [4.69, 9.17) is 16.6 Å². The number of carbonyl (C=O) groups is 2. The van der Waals surface area contributed by atoms with Gasteiger partial charge in [0.15, 0.2) is 10.8 Å². The predicted octanol–water partition coefficient (Wildman–Crippen LogP) is 4.55. The van der Waals surface area contributed by atoms with Crippen LogP contribution in [0, 0.1) is 6.92 Å². The van der Waals surface area contributed by atoms with E-state index in [1.54, 1.807) is 28.8 Å². The molecular formula is C23H20ClN5O2S. The molecule has 2 aromatic carbocycles. The Labute approximate surface area is 193 Å². The van der Waals surface area contributed by atoms with Crippen LogP contribution in [0.5, 0.6) is 0 Å². The van der Waals surface area contributed by atoms with Crippen molar-refractivity contribution in [2.45, 2.75) is 36.6 Å². The van der Waals surface area contributed by atoms with E-state index in [0.29, 0.717) is 40.2 Å². The predicted molar refractivity (Wildman–Crippen MR) is 124 cm³/mol. The van der Waals surface area contributed by atoms with Gasteiger partial charge in [-0.3, -0.25) is 14.5 Å². The lowest BCUT2D eigenvalue weighted by atomic mass is 10.2. The molecule has 1 fully saturated rings. The number of likely N-dealkylation sites (tertiary alicyclic amines) is 1. The van der Waals surface area contributed by atoms with E-state index in [1.165, 1.54) is 16.7 Å². The van der Waals surface area contributed by atoms with Crippen LogP contribution in [0.15, 0.2) is 53.7 Å². The molecule has 2 amide bonds. The number of fused-ring (bicyclic) bond motifs is 3. The number of hydrogen-bond donors (Lipinski definition) is 0. The molecule has 1 aliphatic rings. The van der Waals surface area contributed by atoms with Gasteiger partial charge in [-0.2, -0.15) is 4.52 Å². The standard InChI is InChI=1S/C23H20ClN5O2S/c1-14-25-20-17-6-2-3-7-18(17)26-23(29(20)27-14)32-19-8-4-5-13-28(22(19)31)21(30)15-9-11-16(24)12-10-15/h2-3,6-7,9-12,19H,4-5,8,13H2,1H3. The van der Waals surface area contributed by atoms with Crippen molar-refractivity contribution in [2.24, 2.45) is 0 Å². The Morgan fingerprint density at radius 1 is 1.09 bits per heavy atom. The Morgan fingerprint density at radius 2 is 1.88 bits per heavy atom. The first-order valence-electron chi connectivity index (χ1n) is 10.4. The first-order chi connectivity index (χ1) is 15.5. The summed E-state index contributed by atoms with van der Waals surface area (Å²) in [5.74, 6) is 0.136. The fourth-order valence-corrected chi connectivity index (χ4v) is 5.17. The summed E-state index contributed by atoms with van der Waals surface area (Å²) in [6.45, 7) is 2.24. The molecule has 1 aliphatic heterocycles. The first kappa shape index (κ1) is 20.9. The molecule has 4 aromatic rings. The third-order valence-corrected chi connectivity index (χ3v) is 6.93. The van der Waals surface area contributed by atoms with E-state index >= 15 is 0 Å². The van der Waals surface area contributed by atoms with E-state index < -0.39 is 5.25 Å². The topological polar surface area (TPSA) is 80.5 Å². The number of halogens is 1. The highest BCUT2D eigenvalue weighted by Crippen LogP contribution is 2.32. The second-order valence-electron chi connectivity index (χ2n) is 7.71. The molecule has 0 aliphatic carbocycles. The van der Waals surface area contributed by atoms with Gasteiger partial charge in [0.25, 0.3) is 5.91 Å². The molecule has 1 atom stereocenters. The minimum Gasteiger partial charge on any atom is -0.278 e. The lowest BCUT2D eigenvalue weighted by molar-refractivity contribution is -0.127. The molecule has 32 heavy (non-hydrogen) atoms. The SMILES string of the molecule is Cc1nc2c3ccccc3nc(SC3CCCCN(C(=O)c4ccc(Cl)cc4)C3=O)n2n1. The van der Waals surface area contributed by atoms with Crippen LogP contribution in [0.4, 0.5) is 0 Å². The van der Waals surface area contributed by atoms with E-state index in [1.807, 2.05) is 31.2 Å². The van der Waals surface area contributed by atoms with E-state index in [-0.39, 0.29) is 11.8 Å². The van der Waals surface area contributed by atoms with Crippen molar-refractivity contribution < 1.29 is 9.59 Å². The van der Waals surface area contributed by atoms with Gasteiger partial charge < -0.3 is 0 Å². The van der Waals surface area contributed by atoms with Gasteiger partial charge in [0.05, 0.1) is 10.8 Å². The van der Waals surface area contributed by atoms with Crippen LogP contribution >= 0.6 is 23.4 Å². The zero-order valence-electron chi connectivity index (χ0n) is 17.4. The maximum atomic E-state index is 13.4. The Balaban J connectivity index is 1.49. The van der Waals surface area contributed by atoms with Crippen LogP contribution in [-0.4, -0.2) is 48.1 Å². The second kappa shape index (κ2) is 8.52. The average molecular weight is 466 g/mol. The second-order valence-corrected chi connectivity index (χ2v) is 9.32. The lowest BCUT2D eigenvalue weighted by Gasteiger charge is -2.22. The Morgan fingerprint density at radius 3 is 2.69 bits per heavy atom. The normalized spacial score (nSPS) is 17.1. The van der Waals surface area contributed by atoms with E-state index in [2.05, 4.69) is 10.1 Å². The van der Waals surface area contributed by atoms with Gasteiger partial charge >= 0.3 is 0 Å². The van der Waals surface area contributed by atoms with Gasteiger partial charge in [0.2, 0.25) is 5.91 Å². The summed E-state index contributed by atoms with van der Waals surface area (Å²) in [6, 6.07) is 14.4. The lowest BCUT2D eigenvalue weighted by Crippen LogP contribution is -2.41. The summed E-state index contributed by atoms with van der Waals surface area (Å²) < 4.78 is 1.70. The number of rotatable bonds is 3. The minimum absolute atomic E-state index is 0.201. The van der Waals surface area contributed by atoms with Crippen molar-refractivity contribution >= 4 is 51.7 Å². The number of amides is 2. The number of imide groups is 1. The maximum absolute atomic E-state index is 13.4. The molecule has 0 bridgehead atoms. The molecule has 0 N–H and O–H groups in total. The number of hydrogen-bond acceptors (Lipinski definition) is 6. The molecule has 2 aromatic heterocycles. The van der Waals surface area contributed by atoms with Crippen LogP contribution in [0.1, 0.15) is 35.4 Å². The van der Waals surface area contributed by atoms with Crippen molar-refractivity contribution in [3.63, 3.8) is 0 Å². The number of benzene rings is 2. The maximum Gasteiger partial charge on any atom is 0.260 e. The molecule has 0 saturated carbocycles. The largest absolute Gasteiger partial charge is 0.278 e. The molecule has 0 radical (unpaired) electrons. The van der Waals surface area contributed by atoms with Crippen LogP contribution in [0.2, 0.25) is 5.02 Å². The van der Waals surface area contributed by atoms with Gasteiger partial charge in [-0.1, -0.05) is 41.9 Å². The molecule has 162 valence electrons. The molecule has 3 heterocycles. The fraction of sp³-hybridized carbons (Fsp3) is 0.261. The number of para-hydroxylation sites is 1. The zero-order chi connectivity index (χ0) is 22.2. The first-order valence-corrected chi connectivity index (χ1v) is 11.7. The van der Waals surface area contributed by atoms with Gasteiger partial charge in [-0.15, -0.1) is 5.10 Å². The van der Waals surface area contributed by atoms with Gasteiger partial charge in [0.1, 0.15) is 5.82 Å². The number of aryl methyl sites for hydroxylation is 1. The quantitative estimate of drug-likeness (QED) is 0.326. The highest BCUT2D eigenvalue weighted by molar-refractivity contribution is 8.00. The van der Waals surface area contributed by atoms with E-state index in [0.717, 1.165) is 23.7 Å². The Kier molecular flexibility index (Phi) is 5.57. The molecule has 1 unspecified atom stereocenters. The third kappa shape index (κ3) is 3.84. The number of aromatic nitrogens is 4. The van der Waals surface area contributed by atoms with Crippen molar-refractivity contribution in [3.05, 3.63) is 64.9 Å². The fourth-order valence-electron chi connectivity index (χ4n) is 3.90. The van der Waals surface area contributed by atoms with Crippen molar-refractivity contribution in [1.82, 2.24) is 24.5 Å². The Hall–Kier alpha value is -2.97. The van der Waals surface area contributed by atoms with Crippen molar-refractivity contribution in [2.75, 3.05) is 6.54 Å². The third-order valence-electron chi connectivity index (χ3n) is 5.48. The average Bonchev–Trinajstić information content (AvgIpc) is 3.10. The van der Waals surface area contributed by atoms with Gasteiger partial charge in [-0.05, 0) is 56.2 Å². The van der Waals surface area contributed by atoms with E-state index in [9.17, 15) is 9.59 Å². The summed E-state index contributed by atoms with van der Waals surface area (Å²) in [7, 11) is 0. The number of carbonyl (C=O) groups excluding carboxylic acids is 2. The smallest absolute Gasteiger partial charge is 0.260 e. The highest BCUT2D eigenvalue weighted by Gasteiger charge is 2.33. The number of thioether (sulfide) groups is 1. The minimum atomic E-state index is -0.435. The van der Waals surface area contributed by atoms with Crippen LogP contribution in [-0.2, 0) is 4.79 Å². The molecule has 7 nitrogen and oxygen atoms in total. The summed E-state index contributed by atoms with van der Waals surface area (Å²) in [4.78, 5) is 37.2. The summed E-state index contributed by atoms with van der Waals surface area (Å²) in [6.07, 6.45) is 2.28. The van der Waals surface area contributed by atoms with Gasteiger partial charge in [0, 0.05) is 22.5 Å². The van der Waals surface area contributed by atoms with Crippen molar-refractivity contribution in [1.29, 1.82) is 0 Å². The molecule has 5 rings (SSSR count). The highest BCUT2D eigenvalue weighted by atomic mass is 35.5. The monoisotopic (exact) mass is 465 g/mol. The summed E-state index contributed by atoms with van der Waals surface area (Å²) in [5, 5.41) is 6.12. The number of nitrogens with zero attached hydrogens (tertiary/aromatic N) is 5. The Bertz CT molecular complexity index is 1340. The van der Waals surface area contributed by atoms with Crippen LogP contribution < -0.4 is 0 Å².